The number of para-hydroxylation sites is 1. The first kappa shape index (κ1) is 20.6. The van der Waals surface area contributed by atoms with Gasteiger partial charge in [0, 0.05) is 18.1 Å². The number of nitrogens with one attached hydrogen (secondary N) is 1. The van der Waals surface area contributed by atoms with Gasteiger partial charge in [-0.25, -0.2) is 8.42 Å². The number of hydrogen-bond donors (Lipinski definition) is 2. The van der Waals surface area contributed by atoms with Crippen LogP contribution in [0.15, 0.2) is 47.4 Å². The Hall–Kier alpha value is -2.09. The van der Waals surface area contributed by atoms with Crippen molar-refractivity contribution in [3.05, 3.63) is 58.6 Å². The Morgan fingerprint density at radius 3 is 2.75 bits per heavy atom. The number of primary amides is 1. The van der Waals surface area contributed by atoms with Gasteiger partial charge in [0.15, 0.2) is 0 Å². The maximum absolute atomic E-state index is 12.8. The predicted octanol–water partition coefficient (Wildman–Crippen LogP) is 3.15. The number of aryl methyl sites for hydroxylation is 1. The Morgan fingerprint density at radius 2 is 2.04 bits per heavy atom. The van der Waals surface area contributed by atoms with Crippen LogP contribution in [0.1, 0.15) is 24.0 Å². The van der Waals surface area contributed by atoms with Crippen molar-refractivity contribution in [2.75, 3.05) is 17.8 Å². The minimum atomic E-state index is -3.77. The molecule has 1 aliphatic rings. The van der Waals surface area contributed by atoms with E-state index in [1.54, 1.807) is 18.2 Å². The second-order valence-corrected chi connectivity index (χ2v) is 9.24. The number of nitrogens with two attached hydrogens (primary N) is 1. The van der Waals surface area contributed by atoms with Gasteiger partial charge in [-0.1, -0.05) is 35.9 Å². The molecule has 1 saturated heterocycles. The van der Waals surface area contributed by atoms with E-state index < -0.39 is 10.0 Å². The van der Waals surface area contributed by atoms with E-state index in [2.05, 4.69) is 9.62 Å². The molecule has 0 radical (unpaired) electrons. The molecular formula is C20H24ClN3O3S. The second-order valence-electron chi connectivity index (χ2n) is 7.15. The summed E-state index contributed by atoms with van der Waals surface area (Å²) in [5, 5.41) is 0.405. The number of hydrogen-bond acceptors (Lipinski definition) is 4. The highest BCUT2D eigenvalue weighted by Gasteiger charge is 2.25. The highest BCUT2D eigenvalue weighted by atomic mass is 35.5. The second kappa shape index (κ2) is 8.51. The lowest BCUT2D eigenvalue weighted by Crippen LogP contribution is -2.40. The van der Waals surface area contributed by atoms with Gasteiger partial charge in [0.2, 0.25) is 5.91 Å². The highest BCUT2D eigenvalue weighted by molar-refractivity contribution is 7.92. The third-order valence-corrected chi connectivity index (χ3v) is 6.79. The fraction of sp³-hybridized carbons (Fsp3) is 0.350. The van der Waals surface area contributed by atoms with Gasteiger partial charge in [0.1, 0.15) is 0 Å². The molecular weight excluding hydrogens is 398 g/mol. The van der Waals surface area contributed by atoms with Crippen LogP contribution in [0.4, 0.5) is 5.69 Å². The van der Waals surface area contributed by atoms with Gasteiger partial charge in [0.05, 0.1) is 16.5 Å². The van der Waals surface area contributed by atoms with Gasteiger partial charge in [-0.05, 0) is 55.6 Å². The molecule has 1 fully saturated rings. The van der Waals surface area contributed by atoms with Gasteiger partial charge in [-0.2, -0.15) is 0 Å². The normalized spacial score (nSPS) is 18.0. The molecule has 0 aliphatic carbocycles. The monoisotopic (exact) mass is 421 g/mol. The summed E-state index contributed by atoms with van der Waals surface area (Å²) >= 11 is 6.09. The van der Waals surface area contributed by atoms with E-state index in [-0.39, 0.29) is 16.7 Å². The summed E-state index contributed by atoms with van der Waals surface area (Å²) in [4.78, 5) is 13.8. The van der Waals surface area contributed by atoms with Crippen molar-refractivity contribution in [3.63, 3.8) is 0 Å². The van der Waals surface area contributed by atoms with Gasteiger partial charge in [-0.15, -0.1) is 0 Å². The molecule has 150 valence electrons. The van der Waals surface area contributed by atoms with Crippen molar-refractivity contribution in [2.45, 2.75) is 31.2 Å². The van der Waals surface area contributed by atoms with E-state index in [9.17, 15) is 13.2 Å². The maximum atomic E-state index is 12.8. The Labute approximate surface area is 170 Å². The number of carbonyl (C=O) groups excluding carboxylic acids is 1. The van der Waals surface area contributed by atoms with Crippen LogP contribution in [-0.2, 0) is 21.4 Å². The summed E-state index contributed by atoms with van der Waals surface area (Å²) < 4.78 is 28.3. The lowest BCUT2D eigenvalue weighted by molar-refractivity contribution is -0.123. The molecule has 3 rings (SSSR count). The molecule has 2 aromatic rings. The SMILES string of the molecule is Cc1ccc(S(=O)(=O)Nc2ccccc2CN2CCCC(C(N)=O)C2)cc1Cl. The van der Waals surface area contributed by atoms with E-state index in [4.69, 9.17) is 17.3 Å². The average Bonchev–Trinajstić information content (AvgIpc) is 2.65. The van der Waals surface area contributed by atoms with Crippen molar-refractivity contribution in [2.24, 2.45) is 11.7 Å². The summed E-state index contributed by atoms with van der Waals surface area (Å²) in [6.07, 6.45) is 1.69. The van der Waals surface area contributed by atoms with E-state index in [0.717, 1.165) is 30.5 Å². The zero-order valence-corrected chi connectivity index (χ0v) is 17.3. The summed E-state index contributed by atoms with van der Waals surface area (Å²) in [5.41, 5.74) is 7.63. The van der Waals surface area contributed by atoms with Gasteiger partial charge in [-0.3, -0.25) is 14.4 Å². The van der Waals surface area contributed by atoms with Crippen LogP contribution < -0.4 is 10.5 Å². The zero-order valence-electron chi connectivity index (χ0n) is 15.7. The molecule has 1 amide bonds. The molecule has 0 aromatic heterocycles. The molecule has 8 heteroatoms. The number of likely N-dealkylation sites (tertiary alicyclic amines) is 1. The third-order valence-electron chi connectivity index (χ3n) is 5.02. The number of nitrogens with zero attached hydrogens (tertiary/aromatic N) is 1. The molecule has 1 unspecified atom stereocenters. The molecule has 6 nitrogen and oxygen atoms in total. The number of anilines is 1. The fourth-order valence-electron chi connectivity index (χ4n) is 3.37. The lowest BCUT2D eigenvalue weighted by Gasteiger charge is -2.31. The van der Waals surface area contributed by atoms with Crippen molar-refractivity contribution >= 4 is 33.2 Å². The quantitative estimate of drug-likeness (QED) is 0.749. The van der Waals surface area contributed by atoms with Crippen molar-refractivity contribution in [3.8, 4) is 0 Å². The molecule has 3 N–H and O–H groups in total. The van der Waals surface area contributed by atoms with E-state index in [1.165, 1.54) is 12.1 Å². The number of carbonyl (C=O) groups is 1. The first-order valence-corrected chi connectivity index (χ1v) is 11.0. The molecule has 0 bridgehead atoms. The summed E-state index contributed by atoms with van der Waals surface area (Å²) in [6, 6.07) is 11.9. The van der Waals surface area contributed by atoms with E-state index >= 15 is 0 Å². The van der Waals surface area contributed by atoms with E-state index in [1.807, 2.05) is 19.1 Å². The van der Waals surface area contributed by atoms with E-state index in [0.29, 0.717) is 23.8 Å². The summed E-state index contributed by atoms with van der Waals surface area (Å²) in [7, 11) is -3.77. The summed E-state index contributed by atoms with van der Waals surface area (Å²) in [5.74, 6) is -0.442. The highest BCUT2D eigenvalue weighted by Crippen LogP contribution is 2.26. The van der Waals surface area contributed by atoms with Gasteiger partial charge in [0.25, 0.3) is 10.0 Å². The molecule has 0 spiro atoms. The van der Waals surface area contributed by atoms with Crippen LogP contribution in [0.25, 0.3) is 0 Å². The number of benzene rings is 2. The number of sulfonamides is 1. The Balaban J connectivity index is 1.80. The molecule has 1 heterocycles. The Bertz CT molecular complexity index is 978. The molecule has 0 saturated carbocycles. The topological polar surface area (TPSA) is 92.5 Å². The maximum Gasteiger partial charge on any atom is 0.261 e. The van der Waals surface area contributed by atoms with Crippen molar-refractivity contribution < 1.29 is 13.2 Å². The zero-order chi connectivity index (χ0) is 20.3. The summed E-state index contributed by atoms with van der Waals surface area (Å²) in [6.45, 7) is 3.79. The number of halogens is 1. The minimum Gasteiger partial charge on any atom is -0.369 e. The smallest absolute Gasteiger partial charge is 0.261 e. The molecule has 1 atom stereocenters. The van der Waals surface area contributed by atoms with Crippen LogP contribution in [0.5, 0.6) is 0 Å². The first-order valence-electron chi connectivity index (χ1n) is 9.15. The third kappa shape index (κ3) is 4.84. The molecule has 1 aliphatic heterocycles. The predicted molar refractivity (Wildman–Crippen MR) is 111 cm³/mol. The number of piperidine rings is 1. The molecule has 28 heavy (non-hydrogen) atoms. The van der Waals surface area contributed by atoms with Gasteiger partial charge >= 0.3 is 0 Å². The van der Waals surface area contributed by atoms with Crippen LogP contribution >= 0.6 is 11.6 Å². The van der Waals surface area contributed by atoms with Crippen LogP contribution in [0.3, 0.4) is 0 Å². The molecule has 2 aromatic carbocycles. The fourth-order valence-corrected chi connectivity index (χ4v) is 4.75. The minimum absolute atomic E-state index is 0.115. The lowest BCUT2D eigenvalue weighted by atomic mass is 9.97. The standard InChI is InChI=1S/C20H24ClN3O3S/c1-14-8-9-17(11-18(14)21)28(26,27)23-19-7-3-2-5-15(19)12-24-10-4-6-16(13-24)20(22)25/h2-3,5,7-9,11,16,23H,4,6,10,12-13H2,1H3,(H2,22,25). The Kier molecular flexibility index (Phi) is 6.27. The van der Waals surface area contributed by atoms with Crippen LogP contribution in [0, 0.1) is 12.8 Å². The van der Waals surface area contributed by atoms with Crippen molar-refractivity contribution in [1.82, 2.24) is 4.90 Å². The van der Waals surface area contributed by atoms with Gasteiger partial charge < -0.3 is 5.73 Å². The van der Waals surface area contributed by atoms with Crippen molar-refractivity contribution in [1.29, 1.82) is 0 Å². The average molecular weight is 422 g/mol. The van der Waals surface area contributed by atoms with Crippen LogP contribution in [0.2, 0.25) is 5.02 Å². The first-order chi connectivity index (χ1) is 13.3. The largest absolute Gasteiger partial charge is 0.369 e. The number of amides is 1. The van der Waals surface area contributed by atoms with Crippen LogP contribution in [-0.4, -0.2) is 32.3 Å². The number of rotatable bonds is 6. The Morgan fingerprint density at radius 1 is 1.29 bits per heavy atom.